The number of rotatable bonds is 3. The Morgan fingerprint density at radius 1 is 1.50 bits per heavy atom. The van der Waals surface area contributed by atoms with Gasteiger partial charge in [-0.15, -0.1) is 11.3 Å². The van der Waals surface area contributed by atoms with Crippen LogP contribution in [0.25, 0.3) is 11.3 Å². The van der Waals surface area contributed by atoms with Crippen molar-refractivity contribution in [2.24, 2.45) is 0 Å². The fourth-order valence-electron chi connectivity index (χ4n) is 2.13. The summed E-state index contributed by atoms with van der Waals surface area (Å²) in [5, 5.41) is 5.29. The molecule has 6 heteroatoms. The van der Waals surface area contributed by atoms with Gasteiger partial charge in [-0.05, 0) is 25.0 Å². The molecule has 2 aromatic rings. The van der Waals surface area contributed by atoms with Crippen molar-refractivity contribution in [1.29, 1.82) is 0 Å². The lowest BCUT2D eigenvalue weighted by Crippen LogP contribution is -2.26. The number of carbonyl (C=O) groups excluding carboxylic acids is 1. The van der Waals surface area contributed by atoms with E-state index >= 15 is 0 Å². The highest BCUT2D eigenvalue weighted by molar-refractivity contribution is 7.14. The Hall–Kier alpha value is -1.92. The van der Waals surface area contributed by atoms with Crippen molar-refractivity contribution in [1.82, 2.24) is 4.98 Å². The number of aromatic nitrogens is 1. The molecule has 1 aliphatic rings. The van der Waals surface area contributed by atoms with Crippen molar-refractivity contribution in [3.05, 3.63) is 29.6 Å². The number of ether oxygens (including phenoxy) is 1. The maximum Gasteiger partial charge on any atom is 0.255 e. The molecule has 3 N–H and O–H groups in total. The van der Waals surface area contributed by atoms with E-state index in [0.29, 0.717) is 17.4 Å². The molecule has 1 aliphatic heterocycles. The van der Waals surface area contributed by atoms with Crippen molar-refractivity contribution in [2.45, 2.75) is 18.9 Å². The molecule has 0 saturated carbocycles. The fraction of sp³-hybridized carbons (Fsp3) is 0.286. The van der Waals surface area contributed by atoms with Crippen LogP contribution in [0.5, 0.6) is 0 Å². The zero-order valence-electron chi connectivity index (χ0n) is 10.8. The molecule has 0 spiro atoms. The van der Waals surface area contributed by atoms with Crippen LogP contribution in [-0.2, 0) is 9.53 Å². The summed E-state index contributed by atoms with van der Waals surface area (Å²) in [6.45, 7) is 0.657. The summed E-state index contributed by atoms with van der Waals surface area (Å²) in [5.74, 6) is -0.115. The Morgan fingerprint density at radius 3 is 3.15 bits per heavy atom. The Labute approximate surface area is 120 Å². The zero-order valence-corrected chi connectivity index (χ0v) is 11.7. The Morgan fingerprint density at radius 2 is 2.40 bits per heavy atom. The first-order chi connectivity index (χ1) is 9.72. The standard InChI is InChI=1S/C14H15N3O2S/c15-10-4-1-3-9(7-10)11-8-20-14(16-11)17-13(18)12-5-2-6-19-12/h1,3-4,7-8,12H,2,5-6,15H2,(H,16,17,18). The second-order valence-corrected chi connectivity index (χ2v) is 5.51. The van der Waals surface area contributed by atoms with Crippen LogP contribution >= 0.6 is 11.3 Å². The van der Waals surface area contributed by atoms with E-state index < -0.39 is 0 Å². The number of nitrogens with zero attached hydrogens (tertiary/aromatic N) is 1. The Bertz CT molecular complexity index is 620. The lowest BCUT2D eigenvalue weighted by Gasteiger charge is -2.07. The highest BCUT2D eigenvalue weighted by Crippen LogP contribution is 2.26. The van der Waals surface area contributed by atoms with Gasteiger partial charge in [0.05, 0.1) is 5.69 Å². The van der Waals surface area contributed by atoms with Crippen molar-refractivity contribution in [3.63, 3.8) is 0 Å². The normalized spacial score (nSPS) is 18.1. The highest BCUT2D eigenvalue weighted by Gasteiger charge is 2.24. The lowest BCUT2D eigenvalue weighted by molar-refractivity contribution is -0.124. The average molecular weight is 289 g/mol. The van der Waals surface area contributed by atoms with Gasteiger partial charge in [0.25, 0.3) is 5.91 Å². The molecule has 2 heterocycles. The highest BCUT2D eigenvalue weighted by atomic mass is 32.1. The van der Waals surface area contributed by atoms with Crippen molar-refractivity contribution < 1.29 is 9.53 Å². The number of amides is 1. The van der Waals surface area contributed by atoms with Gasteiger partial charge in [-0.2, -0.15) is 0 Å². The van der Waals surface area contributed by atoms with Crippen LogP contribution in [0.2, 0.25) is 0 Å². The second-order valence-electron chi connectivity index (χ2n) is 4.65. The molecule has 1 aromatic heterocycles. The van der Waals surface area contributed by atoms with E-state index in [1.807, 2.05) is 29.6 Å². The Kier molecular flexibility index (Phi) is 3.66. The van der Waals surface area contributed by atoms with Crippen molar-refractivity contribution >= 4 is 28.1 Å². The fourth-order valence-corrected chi connectivity index (χ4v) is 2.85. The minimum Gasteiger partial charge on any atom is -0.399 e. The molecule has 1 saturated heterocycles. The first kappa shape index (κ1) is 13.1. The summed E-state index contributed by atoms with van der Waals surface area (Å²) in [6.07, 6.45) is 1.37. The van der Waals surface area contributed by atoms with Crippen LogP contribution in [0.3, 0.4) is 0 Å². The molecule has 0 radical (unpaired) electrons. The number of thiazole rings is 1. The SMILES string of the molecule is Nc1cccc(-c2csc(NC(=O)C3CCCO3)n2)c1. The molecule has 1 aromatic carbocycles. The number of hydrogen-bond donors (Lipinski definition) is 2. The van der Waals surface area contributed by atoms with E-state index in [0.717, 1.165) is 24.1 Å². The minimum atomic E-state index is -0.338. The molecule has 5 nitrogen and oxygen atoms in total. The molecule has 1 amide bonds. The van der Waals surface area contributed by atoms with Gasteiger partial charge in [0.15, 0.2) is 5.13 Å². The van der Waals surface area contributed by atoms with Gasteiger partial charge in [-0.25, -0.2) is 4.98 Å². The first-order valence-electron chi connectivity index (χ1n) is 6.46. The molecule has 3 rings (SSSR count). The van der Waals surface area contributed by atoms with Gasteiger partial charge < -0.3 is 10.5 Å². The average Bonchev–Trinajstić information content (AvgIpc) is 3.10. The quantitative estimate of drug-likeness (QED) is 0.851. The first-order valence-corrected chi connectivity index (χ1v) is 7.34. The van der Waals surface area contributed by atoms with E-state index in [1.54, 1.807) is 0 Å². The van der Waals surface area contributed by atoms with Gasteiger partial charge in [-0.1, -0.05) is 12.1 Å². The molecular weight excluding hydrogens is 274 g/mol. The summed E-state index contributed by atoms with van der Waals surface area (Å²) < 4.78 is 5.34. The molecule has 1 unspecified atom stereocenters. The molecule has 20 heavy (non-hydrogen) atoms. The number of nitrogen functional groups attached to an aromatic ring is 1. The molecule has 1 atom stereocenters. The summed E-state index contributed by atoms with van der Waals surface area (Å²) >= 11 is 1.40. The van der Waals surface area contributed by atoms with Crippen LogP contribution in [0.1, 0.15) is 12.8 Å². The van der Waals surface area contributed by atoms with E-state index in [4.69, 9.17) is 10.5 Å². The number of carbonyl (C=O) groups is 1. The maximum atomic E-state index is 11.9. The summed E-state index contributed by atoms with van der Waals surface area (Å²) in [7, 11) is 0. The molecule has 104 valence electrons. The second kappa shape index (κ2) is 5.60. The number of nitrogens with two attached hydrogens (primary N) is 1. The predicted octanol–water partition coefficient (Wildman–Crippen LogP) is 2.51. The van der Waals surface area contributed by atoms with Crippen LogP contribution in [0.4, 0.5) is 10.8 Å². The Balaban J connectivity index is 1.72. The summed E-state index contributed by atoms with van der Waals surface area (Å²) in [4.78, 5) is 16.3. The minimum absolute atomic E-state index is 0.115. The topological polar surface area (TPSA) is 77.2 Å². The van der Waals surface area contributed by atoms with E-state index in [-0.39, 0.29) is 12.0 Å². The van der Waals surface area contributed by atoms with E-state index in [9.17, 15) is 4.79 Å². The molecule has 1 fully saturated rings. The molecule has 0 bridgehead atoms. The number of hydrogen-bond acceptors (Lipinski definition) is 5. The smallest absolute Gasteiger partial charge is 0.255 e. The van der Waals surface area contributed by atoms with E-state index in [1.165, 1.54) is 11.3 Å². The van der Waals surface area contributed by atoms with Crippen LogP contribution in [0, 0.1) is 0 Å². The monoisotopic (exact) mass is 289 g/mol. The van der Waals surface area contributed by atoms with E-state index in [2.05, 4.69) is 10.3 Å². The van der Waals surface area contributed by atoms with Gasteiger partial charge in [0.1, 0.15) is 6.10 Å². The van der Waals surface area contributed by atoms with Gasteiger partial charge in [0, 0.05) is 23.2 Å². The number of nitrogens with one attached hydrogen (secondary N) is 1. The summed E-state index contributed by atoms with van der Waals surface area (Å²) in [6, 6.07) is 7.52. The maximum absolute atomic E-state index is 11.9. The third-order valence-electron chi connectivity index (χ3n) is 3.14. The van der Waals surface area contributed by atoms with Gasteiger partial charge in [0.2, 0.25) is 0 Å². The summed E-state index contributed by atoms with van der Waals surface area (Å²) in [5.41, 5.74) is 8.20. The van der Waals surface area contributed by atoms with Crippen molar-refractivity contribution in [3.8, 4) is 11.3 Å². The third kappa shape index (κ3) is 2.81. The van der Waals surface area contributed by atoms with Crippen molar-refractivity contribution in [2.75, 3.05) is 17.7 Å². The van der Waals surface area contributed by atoms with Gasteiger partial charge in [-0.3, -0.25) is 10.1 Å². The molecular formula is C14H15N3O2S. The third-order valence-corrected chi connectivity index (χ3v) is 3.90. The zero-order chi connectivity index (χ0) is 13.9. The van der Waals surface area contributed by atoms with Crippen LogP contribution < -0.4 is 11.1 Å². The number of anilines is 2. The lowest BCUT2D eigenvalue weighted by atomic mass is 10.1. The number of benzene rings is 1. The van der Waals surface area contributed by atoms with Gasteiger partial charge >= 0.3 is 0 Å². The molecule has 0 aliphatic carbocycles. The van der Waals surface area contributed by atoms with Crippen LogP contribution in [0.15, 0.2) is 29.6 Å². The largest absolute Gasteiger partial charge is 0.399 e. The predicted molar refractivity (Wildman–Crippen MR) is 79.6 cm³/mol. The van der Waals surface area contributed by atoms with Crippen LogP contribution in [-0.4, -0.2) is 23.6 Å².